The minimum atomic E-state index is 0.0139. The lowest BCUT2D eigenvalue weighted by atomic mass is 9.96. The first-order valence-electron chi connectivity index (χ1n) is 8.18. The van der Waals surface area contributed by atoms with Gasteiger partial charge in [-0.15, -0.1) is 0 Å². The van der Waals surface area contributed by atoms with Crippen molar-refractivity contribution in [2.75, 3.05) is 13.7 Å². The molecule has 1 aliphatic heterocycles. The number of amides is 1. The number of thioether (sulfide) groups is 1. The van der Waals surface area contributed by atoms with Gasteiger partial charge >= 0.3 is 0 Å². The maximum absolute atomic E-state index is 12.6. The summed E-state index contributed by atoms with van der Waals surface area (Å²) in [6.07, 6.45) is 1.96. The van der Waals surface area contributed by atoms with E-state index >= 15 is 0 Å². The van der Waals surface area contributed by atoms with Gasteiger partial charge in [-0.25, -0.2) is 0 Å². The van der Waals surface area contributed by atoms with E-state index in [1.54, 1.807) is 12.0 Å². The van der Waals surface area contributed by atoms with Crippen LogP contribution in [-0.2, 0) is 4.79 Å². The fourth-order valence-electron chi connectivity index (χ4n) is 2.66. The average molecular weight is 364 g/mol. The van der Waals surface area contributed by atoms with Gasteiger partial charge in [0.05, 0.1) is 12.0 Å². The van der Waals surface area contributed by atoms with Crippen molar-refractivity contribution < 1.29 is 9.53 Å². The first-order valence-corrected chi connectivity index (χ1v) is 9.41. The molecule has 24 heavy (non-hydrogen) atoms. The van der Waals surface area contributed by atoms with Crippen molar-refractivity contribution in [2.45, 2.75) is 40.5 Å². The van der Waals surface area contributed by atoms with Gasteiger partial charge in [0.25, 0.3) is 5.91 Å². The normalized spacial score (nSPS) is 16.8. The lowest BCUT2D eigenvalue weighted by Crippen LogP contribution is -2.31. The molecule has 0 N–H and O–H groups in total. The van der Waals surface area contributed by atoms with Crippen LogP contribution in [0.3, 0.4) is 0 Å². The van der Waals surface area contributed by atoms with Crippen molar-refractivity contribution in [3.05, 3.63) is 33.7 Å². The van der Waals surface area contributed by atoms with Gasteiger partial charge in [-0.1, -0.05) is 51.7 Å². The standard InChI is InChI=1S/C19H25NO2S2/c1-11(2)10-20-18(21)17(24-19(20)23)9-14-8-15(12(3)4)16(22-6)7-13(14)5/h7-9,11-12H,10H2,1-6H3/b17-9+. The first-order chi connectivity index (χ1) is 11.2. The Bertz CT molecular complexity index is 693. The predicted octanol–water partition coefficient (Wildman–Crippen LogP) is 4.98. The number of carbonyl (C=O) groups excluding carboxylic acids is 1. The second kappa shape index (κ2) is 7.70. The van der Waals surface area contributed by atoms with E-state index in [4.69, 9.17) is 17.0 Å². The van der Waals surface area contributed by atoms with E-state index in [1.165, 1.54) is 11.8 Å². The molecule has 2 rings (SSSR count). The fourth-order valence-corrected chi connectivity index (χ4v) is 3.93. The van der Waals surface area contributed by atoms with Crippen molar-refractivity contribution in [1.82, 2.24) is 4.90 Å². The zero-order valence-corrected chi connectivity index (χ0v) is 16.8. The Balaban J connectivity index is 2.39. The van der Waals surface area contributed by atoms with Crippen LogP contribution in [0.25, 0.3) is 6.08 Å². The van der Waals surface area contributed by atoms with Crippen molar-refractivity contribution in [3.8, 4) is 5.75 Å². The summed E-state index contributed by atoms with van der Waals surface area (Å²) in [5.74, 6) is 1.65. The van der Waals surface area contributed by atoms with Crippen LogP contribution >= 0.6 is 24.0 Å². The summed E-state index contributed by atoms with van der Waals surface area (Å²) in [5.41, 5.74) is 3.28. The third-order valence-electron chi connectivity index (χ3n) is 3.95. The molecule has 1 aromatic carbocycles. The molecule has 1 aromatic rings. The summed E-state index contributed by atoms with van der Waals surface area (Å²) in [6, 6.07) is 4.16. The zero-order valence-electron chi connectivity index (χ0n) is 15.2. The number of rotatable bonds is 5. The van der Waals surface area contributed by atoms with E-state index in [9.17, 15) is 4.79 Å². The molecule has 1 saturated heterocycles. The van der Waals surface area contributed by atoms with Gasteiger partial charge in [-0.3, -0.25) is 9.69 Å². The monoisotopic (exact) mass is 363 g/mol. The van der Waals surface area contributed by atoms with Crippen LogP contribution < -0.4 is 4.74 Å². The highest BCUT2D eigenvalue weighted by Gasteiger charge is 2.32. The number of benzene rings is 1. The molecule has 130 valence electrons. The van der Waals surface area contributed by atoms with Crippen molar-refractivity contribution >= 4 is 40.3 Å². The molecule has 1 heterocycles. The SMILES string of the molecule is COc1cc(C)c(/C=C2/SC(=S)N(CC(C)C)C2=O)cc1C(C)C. The van der Waals surface area contributed by atoms with Crippen LogP contribution in [0.2, 0.25) is 0 Å². The third kappa shape index (κ3) is 4.01. The van der Waals surface area contributed by atoms with Gasteiger partial charge in [0.15, 0.2) is 0 Å². The second-order valence-electron chi connectivity index (χ2n) is 6.79. The number of thiocarbonyl (C=S) groups is 1. The van der Waals surface area contributed by atoms with Gasteiger partial charge in [-0.05, 0) is 53.7 Å². The maximum atomic E-state index is 12.6. The number of hydrogen-bond donors (Lipinski definition) is 0. The van der Waals surface area contributed by atoms with Gasteiger partial charge in [-0.2, -0.15) is 0 Å². The summed E-state index contributed by atoms with van der Waals surface area (Å²) in [5, 5.41) is 0. The Morgan fingerprint density at radius 2 is 1.96 bits per heavy atom. The van der Waals surface area contributed by atoms with Crippen LogP contribution in [-0.4, -0.2) is 28.8 Å². The summed E-state index contributed by atoms with van der Waals surface area (Å²) in [6.45, 7) is 11.2. The minimum Gasteiger partial charge on any atom is -0.496 e. The zero-order chi connectivity index (χ0) is 18.0. The summed E-state index contributed by atoms with van der Waals surface area (Å²) >= 11 is 6.77. The Labute approximate surface area is 154 Å². The Kier molecular flexibility index (Phi) is 6.10. The molecule has 1 amide bonds. The number of carbonyl (C=O) groups is 1. The van der Waals surface area contributed by atoms with Gasteiger partial charge in [0.1, 0.15) is 10.1 Å². The molecule has 5 heteroatoms. The highest BCUT2D eigenvalue weighted by Crippen LogP contribution is 2.35. The Morgan fingerprint density at radius 3 is 2.50 bits per heavy atom. The third-order valence-corrected chi connectivity index (χ3v) is 5.33. The van der Waals surface area contributed by atoms with Crippen LogP contribution in [0.15, 0.2) is 17.0 Å². The number of methoxy groups -OCH3 is 1. The lowest BCUT2D eigenvalue weighted by molar-refractivity contribution is -0.122. The molecule has 1 fully saturated rings. The molecule has 0 aromatic heterocycles. The highest BCUT2D eigenvalue weighted by molar-refractivity contribution is 8.26. The van der Waals surface area contributed by atoms with Crippen molar-refractivity contribution in [3.63, 3.8) is 0 Å². The smallest absolute Gasteiger partial charge is 0.266 e. The molecule has 0 spiro atoms. The molecule has 1 aliphatic rings. The molecule has 3 nitrogen and oxygen atoms in total. The van der Waals surface area contributed by atoms with E-state index in [1.807, 2.05) is 19.1 Å². The maximum Gasteiger partial charge on any atom is 0.266 e. The largest absolute Gasteiger partial charge is 0.496 e. The Hall–Kier alpha value is -1.33. The Morgan fingerprint density at radius 1 is 1.29 bits per heavy atom. The molecule has 0 bridgehead atoms. The summed E-state index contributed by atoms with van der Waals surface area (Å²) < 4.78 is 6.14. The second-order valence-corrected chi connectivity index (χ2v) is 8.47. The molecule has 0 atom stereocenters. The van der Waals surface area contributed by atoms with E-state index in [2.05, 4.69) is 33.8 Å². The first kappa shape index (κ1) is 19.0. The van der Waals surface area contributed by atoms with E-state index in [0.717, 1.165) is 22.4 Å². The minimum absolute atomic E-state index is 0.0139. The van der Waals surface area contributed by atoms with E-state index in [0.29, 0.717) is 27.6 Å². The summed E-state index contributed by atoms with van der Waals surface area (Å²) in [7, 11) is 1.69. The molecular formula is C19H25NO2S2. The van der Waals surface area contributed by atoms with Crippen LogP contribution in [0.4, 0.5) is 0 Å². The van der Waals surface area contributed by atoms with Gasteiger partial charge in [0.2, 0.25) is 0 Å². The van der Waals surface area contributed by atoms with Crippen molar-refractivity contribution in [2.24, 2.45) is 5.92 Å². The number of nitrogens with zero attached hydrogens (tertiary/aromatic N) is 1. The summed E-state index contributed by atoms with van der Waals surface area (Å²) in [4.78, 5) is 15.0. The van der Waals surface area contributed by atoms with Crippen molar-refractivity contribution in [1.29, 1.82) is 0 Å². The van der Waals surface area contributed by atoms with Crippen LogP contribution in [0.5, 0.6) is 5.75 Å². The van der Waals surface area contributed by atoms with Gasteiger partial charge in [0, 0.05) is 6.54 Å². The molecule has 0 saturated carbocycles. The molecule has 0 aliphatic carbocycles. The molecular weight excluding hydrogens is 338 g/mol. The number of hydrogen-bond acceptors (Lipinski definition) is 4. The van der Waals surface area contributed by atoms with Crippen LogP contribution in [0.1, 0.15) is 50.3 Å². The topological polar surface area (TPSA) is 29.5 Å². The molecule has 0 radical (unpaired) electrons. The predicted molar refractivity (Wildman–Crippen MR) is 107 cm³/mol. The van der Waals surface area contributed by atoms with E-state index in [-0.39, 0.29) is 5.91 Å². The fraction of sp³-hybridized carbons (Fsp3) is 0.474. The highest BCUT2D eigenvalue weighted by atomic mass is 32.2. The number of ether oxygens (including phenoxy) is 1. The van der Waals surface area contributed by atoms with E-state index < -0.39 is 0 Å². The quantitative estimate of drug-likeness (QED) is 0.545. The molecule has 0 unspecified atom stereocenters. The average Bonchev–Trinajstić information content (AvgIpc) is 2.75. The van der Waals surface area contributed by atoms with Gasteiger partial charge < -0.3 is 4.74 Å². The van der Waals surface area contributed by atoms with Crippen LogP contribution in [0, 0.1) is 12.8 Å². The number of aryl methyl sites for hydroxylation is 1. The lowest BCUT2D eigenvalue weighted by Gasteiger charge is -2.16.